The van der Waals surface area contributed by atoms with Crippen molar-refractivity contribution in [3.05, 3.63) is 70.6 Å². The molecule has 1 fully saturated rings. The lowest BCUT2D eigenvalue weighted by Gasteiger charge is -2.23. The largest absolute Gasteiger partial charge is 0.370 e. The van der Waals surface area contributed by atoms with Gasteiger partial charge in [0, 0.05) is 18.3 Å². The van der Waals surface area contributed by atoms with Crippen molar-refractivity contribution in [2.75, 3.05) is 32.8 Å². The van der Waals surface area contributed by atoms with E-state index in [1.54, 1.807) is 16.2 Å². The minimum Gasteiger partial charge on any atom is -0.370 e. The highest BCUT2D eigenvalue weighted by Gasteiger charge is 2.14. The lowest BCUT2D eigenvalue weighted by molar-refractivity contribution is -0.908. The number of morpholine rings is 1. The summed E-state index contributed by atoms with van der Waals surface area (Å²) in [5, 5.41) is 2.12. The van der Waals surface area contributed by atoms with Crippen molar-refractivity contribution in [1.82, 2.24) is 4.57 Å². The van der Waals surface area contributed by atoms with E-state index in [1.807, 2.05) is 42.5 Å². The molecule has 4 nitrogen and oxygen atoms in total. The van der Waals surface area contributed by atoms with E-state index in [2.05, 4.69) is 9.95 Å². The van der Waals surface area contributed by atoms with Crippen LogP contribution in [0.4, 0.5) is 10.1 Å². The van der Waals surface area contributed by atoms with E-state index in [-0.39, 0.29) is 5.82 Å². The maximum Gasteiger partial charge on any atom is 0.190 e. The Hall–Kier alpha value is -2.28. The molecule has 0 atom stereocenters. The van der Waals surface area contributed by atoms with Gasteiger partial charge in [0.05, 0.1) is 31.1 Å². The van der Waals surface area contributed by atoms with Gasteiger partial charge in [-0.1, -0.05) is 18.2 Å². The summed E-state index contributed by atoms with van der Waals surface area (Å²) in [5.41, 5.74) is 3.06. The van der Waals surface area contributed by atoms with E-state index < -0.39 is 0 Å². The molecular formula is C22H25FN3OS+. The fourth-order valence-corrected chi connectivity index (χ4v) is 4.45. The van der Waals surface area contributed by atoms with Crippen molar-refractivity contribution in [3.8, 4) is 11.3 Å². The molecule has 1 aliphatic rings. The monoisotopic (exact) mass is 398 g/mol. The van der Waals surface area contributed by atoms with Crippen LogP contribution >= 0.6 is 11.3 Å². The Morgan fingerprint density at radius 1 is 1.04 bits per heavy atom. The molecule has 3 aromatic rings. The van der Waals surface area contributed by atoms with Crippen LogP contribution in [-0.2, 0) is 11.3 Å². The van der Waals surface area contributed by atoms with Crippen molar-refractivity contribution >= 4 is 17.0 Å². The zero-order chi connectivity index (χ0) is 19.2. The van der Waals surface area contributed by atoms with Crippen LogP contribution in [0.2, 0.25) is 0 Å². The number of halogens is 1. The van der Waals surface area contributed by atoms with Crippen molar-refractivity contribution < 1.29 is 14.0 Å². The van der Waals surface area contributed by atoms with Gasteiger partial charge in [0.25, 0.3) is 0 Å². The Labute approximate surface area is 168 Å². The summed E-state index contributed by atoms with van der Waals surface area (Å²) in [7, 11) is 0. The molecular weight excluding hydrogens is 373 g/mol. The average Bonchev–Trinajstić information content (AvgIpc) is 3.12. The Balaban J connectivity index is 1.61. The van der Waals surface area contributed by atoms with E-state index in [9.17, 15) is 4.39 Å². The first-order valence-corrected chi connectivity index (χ1v) is 10.6. The Kier molecular flexibility index (Phi) is 6.31. The third-order valence-electron chi connectivity index (χ3n) is 5.03. The van der Waals surface area contributed by atoms with Gasteiger partial charge in [-0.2, -0.15) is 0 Å². The smallest absolute Gasteiger partial charge is 0.190 e. The molecule has 0 saturated carbocycles. The van der Waals surface area contributed by atoms with Crippen LogP contribution in [-0.4, -0.2) is 37.4 Å². The number of nitrogens with zero attached hydrogens (tertiary/aromatic N) is 2. The van der Waals surface area contributed by atoms with Gasteiger partial charge in [0.15, 0.2) is 4.80 Å². The summed E-state index contributed by atoms with van der Waals surface area (Å²) in [4.78, 5) is 7.43. The van der Waals surface area contributed by atoms with Gasteiger partial charge in [-0.05, 0) is 42.0 Å². The molecule has 1 aromatic heterocycles. The molecule has 0 bridgehead atoms. The van der Waals surface area contributed by atoms with Crippen LogP contribution < -0.4 is 9.70 Å². The molecule has 1 N–H and O–H groups in total. The van der Waals surface area contributed by atoms with E-state index in [0.29, 0.717) is 0 Å². The van der Waals surface area contributed by atoms with Crippen molar-refractivity contribution in [2.45, 2.75) is 13.0 Å². The number of para-hydroxylation sites is 1. The number of benzene rings is 2. The second kappa shape index (κ2) is 9.28. The van der Waals surface area contributed by atoms with Crippen LogP contribution in [0.1, 0.15) is 6.42 Å². The molecule has 1 saturated heterocycles. The van der Waals surface area contributed by atoms with Gasteiger partial charge in [-0.3, -0.25) is 0 Å². The number of hydrogen-bond donors (Lipinski definition) is 1. The van der Waals surface area contributed by atoms with Crippen LogP contribution in [0, 0.1) is 5.82 Å². The number of ether oxygens (including phenoxy) is 1. The fraction of sp³-hybridized carbons (Fsp3) is 0.318. The summed E-state index contributed by atoms with van der Waals surface area (Å²) in [6.45, 7) is 5.90. The quantitative estimate of drug-likeness (QED) is 0.680. The second-order valence-electron chi connectivity index (χ2n) is 6.98. The predicted molar refractivity (Wildman–Crippen MR) is 110 cm³/mol. The highest BCUT2D eigenvalue weighted by molar-refractivity contribution is 7.07. The minimum atomic E-state index is -0.212. The number of hydrogen-bond acceptors (Lipinski definition) is 3. The summed E-state index contributed by atoms with van der Waals surface area (Å²) < 4.78 is 21.1. The maximum atomic E-state index is 13.4. The van der Waals surface area contributed by atoms with Gasteiger partial charge >= 0.3 is 0 Å². The molecule has 0 spiro atoms. The molecule has 146 valence electrons. The highest BCUT2D eigenvalue weighted by atomic mass is 32.1. The molecule has 6 heteroatoms. The summed E-state index contributed by atoms with van der Waals surface area (Å²) >= 11 is 1.63. The third-order valence-corrected chi connectivity index (χ3v) is 5.89. The van der Waals surface area contributed by atoms with Crippen molar-refractivity contribution in [2.24, 2.45) is 4.99 Å². The van der Waals surface area contributed by atoms with Crippen molar-refractivity contribution in [1.29, 1.82) is 0 Å². The van der Waals surface area contributed by atoms with E-state index in [1.165, 1.54) is 12.1 Å². The topological polar surface area (TPSA) is 31.0 Å². The number of nitrogens with one attached hydrogen (secondary N) is 1. The van der Waals surface area contributed by atoms with Gasteiger partial charge in [0.1, 0.15) is 18.9 Å². The van der Waals surface area contributed by atoms with E-state index >= 15 is 0 Å². The van der Waals surface area contributed by atoms with Gasteiger partial charge in [-0.15, -0.1) is 11.3 Å². The zero-order valence-corrected chi connectivity index (χ0v) is 16.6. The molecule has 0 amide bonds. The lowest BCUT2D eigenvalue weighted by Crippen LogP contribution is -3.14. The first-order chi connectivity index (χ1) is 13.8. The average molecular weight is 399 g/mol. The Bertz CT molecular complexity index is 944. The van der Waals surface area contributed by atoms with Crippen LogP contribution in [0.15, 0.2) is 65.0 Å². The van der Waals surface area contributed by atoms with Crippen molar-refractivity contribution in [3.63, 3.8) is 0 Å². The molecule has 2 aromatic carbocycles. The van der Waals surface area contributed by atoms with Crippen LogP contribution in [0.5, 0.6) is 0 Å². The summed E-state index contributed by atoms with van der Waals surface area (Å²) in [6.07, 6.45) is 1.07. The summed E-state index contributed by atoms with van der Waals surface area (Å²) in [6, 6.07) is 16.7. The first kappa shape index (κ1) is 19.1. The normalized spacial score (nSPS) is 15.8. The molecule has 0 radical (unpaired) electrons. The van der Waals surface area contributed by atoms with Crippen LogP contribution in [0.25, 0.3) is 11.3 Å². The maximum absolute atomic E-state index is 13.4. The number of aromatic nitrogens is 1. The van der Waals surface area contributed by atoms with Gasteiger partial charge in [0.2, 0.25) is 0 Å². The Morgan fingerprint density at radius 2 is 1.79 bits per heavy atom. The van der Waals surface area contributed by atoms with E-state index in [0.717, 1.165) is 67.6 Å². The second-order valence-corrected chi connectivity index (χ2v) is 7.81. The van der Waals surface area contributed by atoms with Crippen LogP contribution in [0.3, 0.4) is 0 Å². The number of rotatable bonds is 6. The molecule has 0 unspecified atom stereocenters. The molecule has 1 aliphatic heterocycles. The fourth-order valence-electron chi connectivity index (χ4n) is 3.50. The highest BCUT2D eigenvalue weighted by Crippen LogP contribution is 2.21. The van der Waals surface area contributed by atoms with E-state index in [4.69, 9.17) is 9.73 Å². The standard InChI is InChI=1S/C22H24FN3OS/c23-19-9-7-18(8-10-19)21-17-28-22(24-20-5-2-1-3-6-20)26(21)12-4-11-25-13-15-27-16-14-25/h1-3,5-10,17H,4,11-16H2/p+1. The third kappa shape index (κ3) is 4.76. The van der Waals surface area contributed by atoms with Gasteiger partial charge in [-0.25, -0.2) is 9.38 Å². The molecule has 0 aliphatic carbocycles. The number of thiazole rings is 1. The molecule has 28 heavy (non-hydrogen) atoms. The predicted octanol–water partition coefficient (Wildman–Crippen LogP) is 2.89. The number of quaternary nitrogens is 1. The molecule has 2 heterocycles. The SMILES string of the molecule is Fc1ccc(-c2csc(=Nc3ccccc3)n2CCC[NH+]2CCOCC2)cc1. The summed E-state index contributed by atoms with van der Waals surface area (Å²) in [5.74, 6) is -0.212. The minimum absolute atomic E-state index is 0.212. The van der Waals surface area contributed by atoms with Gasteiger partial charge < -0.3 is 14.2 Å². The lowest BCUT2D eigenvalue weighted by atomic mass is 10.1. The molecule has 4 rings (SSSR count). The first-order valence-electron chi connectivity index (χ1n) is 9.75. The zero-order valence-electron chi connectivity index (χ0n) is 15.8. The Morgan fingerprint density at radius 3 is 2.54 bits per heavy atom.